The Morgan fingerprint density at radius 3 is 2.00 bits per heavy atom. The fourth-order valence-electron chi connectivity index (χ4n) is 1.21. The average molecular weight is 219 g/mol. The SMILES string of the molecule is C=C/C=C\C1=C(C=C)C(=O)N(C)C1=O.CC. The summed E-state index contributed by atoms with van der Waals surface area (Å²) in [6.07, 6.45) is 6.12. The predicted molar refractivity (Wildman–Crippen MR) is 65.7 cm³/mol. The molecule has 1 aliphatic heterocycles. The van der Waals surface area contributed by atoms with Crippen molar-refractivity contribution >= 4 is 11.8 Å². The van der Waals surface area contributed by atoms with Gasteiger partial charge in [0.05, 0.1) is 11.1 Å². The van der Waals surface area contributed by atoms with Gasteiger partial charge in [0.25, 0.3) is 11.8 Å². The number of likely N-dealkylation sites (N-methyl/N-ethyl adjacent to an activating group) is 1. The van der Waals surface area contributed by atoms with E-state index in [1.165, 1.54) is 13.1 Å². The fraction of sp³-hybridized carbons (Fsp3) is 0.231. The molecular formula is C13H17NO2. The maximum atomic E-state index is 11.5. The van der Waals surface area contributed by atoms with E-state index in [9.17, 15) is 9.59 Å². The molecule has 0 aromatic rings. The lowest BCUT2D eigenvalue weighted by molar-refractivity contribution is -0.135. The van der Waals surface area contributed by atoms with Crippen LogP contribution >= 0.6 is 0 Å². The molecule has 0 fully saturated rings. The number of nitrogens with zero attached hydrogens (tertiary/aromatic N) is 1. The van der Waals surface area contributed by atoms with Gasteiger partial charge in [-0.15, -0.1) is 0 Å². The molecular weight excluding hydrogens is 202 g/mol. The molecule has 0 N–H and O–H groups in total. The summed E-state index contributed by atoms with van der Waals surface area (Å²) in [4.78, 5) is 24.0. The van der Waals surface area contributed by atoms with Crippen molar-refractivity contribution in [1.29, 1.82) is 0 Å². The Balaban J connectivity index is 0.00000106. The summed E-state index contributed by atoms with van der Waals surface area (Å²) in [6, 6.07) is 0. The topological polar surface area (TPSA) is 37.4 Å². The van der Waals surface area contributed by atoms with Crippen molar-refractivity contribution in [3.8, 4) is 0 Å². The second kappa shape index (κ2) is 6.56. The van der Waals surface area contributed by atoms with Gasteiger partial charge in [-0.2, -0.15) is 0 Å². The first-order valence-electron chi connectivity index (χ1n) is 5.11. The molecule has 1 rings (SSSR count). The summed E-state index contributed by atoms with van der Waals surface area (Å²) >= 11 is 0. The highest BCUT2D eigenvalue weighted by molar-refractivity contribution is 6.21. The zero-order valence-electron chi connectivity index (χ0n) is 9.99. The van der Waals surface area contributed by atoms with Crippen molar-refractivity contribution in [3.05, 3.63) is 48.6 Å². The standard InChI is InChI=1S/C11H11NO2.C2H6/c1-4-6-7-9-8(5-2)10(13)12(3)11(9)14;1-2/h4-7H,1-2H2,3H3;1-2H3/b7-6-;. The highest BCUT2D eigenvalue weighted by atomic mass is 16.2. The summed E-state index contributed by atoms with van der Waals surface area (Å²) in [5, 5.41) is 0. The molecule has 1 heterocycles. The minimum atomic E-state index is -0.311. The third-order valence-corrected chi connectivity index (χ3v) is 1.96. The summed E-state index contributed by atoms with van der Waals surface area (Å²) < 4.78 is 0. The van der Waals surface area contributed by atoms with Crippen LogP contribution in [0.4, 0.5) is 0 Å². The van der Waals surface area contributed by atoms with E-state index in [1.807, 2.05) is 13.8 Å². The lowest BCUT2D eigenvalue weighted by Crippen LogP contribution is -2.26. The minimum absolute atomic E-state index is 0.303. The molecule has 0 aliphatic carbocycles. The van der Waals surface area contributed by atoms with Crippen LogP contribution in [0.1, 0.15) is 13.8 Å². The Bertz CT molecular complexity index is 375. The quantitative estimate of drug-likeness (QED) is 0.539. The van der Waals surface area contributed by atoms with Crippen LogP contribution in [-0.2, 0) is 9.59 Å². The van der Waals surface area contributed by atoms with Gasteiger partial charge in [0.1, 0.15) is 0 Å². The van der Waals surface area contributed by atoms with Crippen LogP contribution in [0.25, 0.3) is 0 Å². The smallest absolute Gasteiger partial charge is 0.261 e. The largest absolute Gasteiger partial charge is 0.277 e. The zero-order chi connectivity index (χ0) is 12.7. The van der Waals surface area contributed by atoms with E-state index in [1.54, 1.807) is 18.2 Å². The third-order valence-electron chi connectivity index (χ3n) is 1.96. The van der Waals surface area contributed by atoms with Gasteiger partial charge >= 0.3 is 0 Å². The second-order valence-electron chi connectivity index (χ2n) is 2.80. The fourth-order valence-corrected chi connectivity index (χ4v) is 1.21. The first kappa shape index (κ1) is 14.1. The molecule has 1 aliphatic rings. The van der Waals surface area contributed by atoms with Gasteiger partial charge in [-0.25, -0.2) is 0 Å². The molecule has 0 spiro atoms. The second-order valence-corrected chi connectivity index (χ2v) is 2.80. The minimum Gasteiger partial charge on any atom is -0.277 e. The molecule has 86 valence electrons. The van der Waals surface area contributed by atoms with E-state index in [4.69, 9.17) is 0 Å². The predicted octanol–water partition coefficient (Wildman–Crippen LogP) is 2.24. The summed E-state index contributed by atoms with van der Waals surface area (Å²) in [5.74, 6) is -0.614. The first-order chi connectivity index (χ1) is 7.63. The number of amides is 2. The number of carbonyl (C=O) groups is 2. The van der Waals surface area contributed by atoms with E-state index in [0.717, 1.165) is 4.90 Å². The highest BCUT2D eigenvalue weighted by Crippen LogP contribution is 2.20. The molecule has 0 unspecified atom stereocenters. The van der Waals surface area contributed by atoms with Gasteiger partial charge < -0.3 is 0 Å². The van der Waals surface area contributed by atoms with Crippen molar-refractivity contribution < 1.29 is 9.59 Å². The van der Waals surface area contributed by atoms with E-state index < -0.39 is 0 Å². The summed E-state index contributed by atoms with van der Waals surface area (Å²) in [6.45, 7) is 11.0. The van der Waals surface area contributed by atoms with E-state index in [0.29, 0.717) is 11.1 Å². The van der Waals surface area contributed by atoms with Crippen LogP contribution in [0, 0.1) is 0 Å². The molecule has 0 aromatic heterocycles. The monoisotopic (exact) mass is 219 g/mol. The number of imide groups is 1. The molecule has 16 heavy (non-hydrogen) atoms. The lowest BCUT2D eigenvalue weighted by Gasteiger charge is -2.04. The number of allylic oxidation sites excluding steroid dienone is 2. The zero-order valence-corrected chi connectivity index (χ0v) is 9.99. The summed E-state index contributed by atoms with van der Waals surface area (Å²) in [7, 11) is 1.45. The maximum absolute atomic E-state index is 11.5. The van der Waals surface area contributed by atoms with Crippen molar-refractivity contribution in [1.82, 2.24) is 4.90 Å². The number of hydrogen-bond donors (Lipinski definition) is 0. The van der Waals surface area contributed by atoms with E-state index in [-0.39, 0.29) is 11.8 Å². The number of rotatable bonds is 3. The van der Waals surface area contributed by atoms with Crippen LogP contribution in [0.3, 0.4) is 0 Å². The van der Waals surface area contributed by atoms with Gasteiger partial charge in [0, 0.05) is 7.05 Å². The van der Waals surface area contributed by atoms with E-state index in [2.05, 4.69) is 13.2 Å². The third kappa shape index (κ3) is 2.57. The molecule has 0 atom stereocenters. The Kier molecular flexibility index (Phi) is 5.78. The average Bonchev–Trinajstić information content (AvgIpc) is 2.53. The van der Waals surface area contributed by atoms with Crippen LogP contribution in [0.15, 0.2) is 48.6 Å². The molecule has 2 amide bonds. The lowest BCUT2D eigenvalue weighted by atomic mass is 10.1. The molecule has 3 nitrogen and oxygen atoms in total. The van der Waals surface area contributed by atoms with Crippen LogP contribution in [0.5, 0.6) is 0 Å². The Hall–Kier alpha value is -1.90. The molecule has 0 bridgehead atoms. The van der Waals surface area contributed by atoms with Crippen molar-refractivity contribution in [2.75, 3.05) is 7.05 Å². The molecule has 0 saturated carbocycles. The number of carbonyl (C=O) groups excluding carboxylic acids is 2. The molecule has 0 saturated heterocycles. The van der Waals surface area contributed by atoms with Gasteiger partial charge in [0.15, 0.2) is 0 Å². The Labute approximate surface area is 96.4 Å². The van der Waals surface area contributed by atoms with Crippen LogP contribution in [0.2, 0.25) is 0 Å². The van der Waals surface area contributed by atoms with Gasteiger partial charge in [-0.1, -0.05) is 45.2 Å². The van der Waals surface area contributed by atoms with Gasteiger partial charge in [-0.05, 0) is 6.08 Å². The van der Waals surface area contributed by atoms with Gasteiger partial charge in [-0.3, -0.25) is 14.5 Å². The number of hydrogen-bond acceptors (Lipinski definition) is 2. The van der Waals surface area contributed by atoms with Crippen LogP contribution < -0.4 is 0 Å². The molecule has 3 heteroatoms. The Morgan fingerprint density at radius 1 is 1.06 bits per heavy atom. The first-order valence-corrected chi connectivity index (χ1v) is 5.11. The van der Waals surface area contributed by atoms with Gasteiger partial charge in [0.2, 0.25) is 0 Å². The van der Waals surface area contributed by atoms with E-state index >= 15 is 0 Å². The normalized spacial score (nSPS) is 15.3. The maximum Gasteiger partial charge on any atom is 0.261 e. The van der Waals surface area contributed by atoms with Crippen molar-refractivity contribution in [2.45, 2.75) is 13.8 Å². The summed E-state index contributed by atoms with van der Waals surface area (Å²) in [5.41, 5.74) is 0.711. The van der Waals surface area contributed by atoms with Crippen molar-refractivity contribution in [2.24, 2.45) is 0 Å². The molecule has 0 radical (unpaired) electrons. The Morgan fingerprint density at radius 2 is 1.56 bits per heavy atom. The molecule has 0 aromatic carbocycles. The highest BCUT2D eigenvalue weighted by Gasteiger charge is 2.32. The van der Waals surface area contributed by atoms with Crippen LogP contribution in [-0.4, -0.2) is 23.8 Å². The van der Waals surface area contributed by atoms with Crippen molar-refractivity contribution in [3.63, 3.8) is 0 Å².